The Bertz CT molecular complexity index is 1290. The minimum absolute atomic E-state index is 0.0945. The van der Waals surface area contributed by atoms with E-state index in [1.165, 1.54) is 41.4 Å². The molecule has 3 atom stereocenters. The van der Waals surface area contributed by atoms with Crippen molar-refractivity contribution in [3.05, 3.63) is 68.9 Å². The minimum Gasteiger partial charge on any atom is -0.593 e. The van der Waals surface area contributed by atoms with Crippen molar-refractivity contribution in [2.24, 2.45) is 0 Å². The summed E-state index contributed by atoms with van der Waals surface area (Å²) in [7, 11) is 0. The number of aromatic nitrogens is 2. The predicted octanol–water partition coefficient (Wildman–Crippen LogP) is 1.44. The molecule has 16 heteroatoms. The van der Waals surface area contributed by atoms with Gasteiger partial charge in [-0.25, -0.2) is 9.59 Å². The molecule has 4 N–H and O–H groups in total. The molecule has 0 spiro atoms. The van der Waals surface area contributed by atoms with Gasteiger partial charge in [-0.15, -0.1) is 23.1 Å². The Kier molecular flexibility index (Phi) is 8.26. The van der Waals surface area contributed by atoms with E-state index in [0.29, 0.717) is 15.5 Å². The molecule has 4 heterocycles. The fourth-order valence-electron chi connectivity index (χ4n) is 3.63. The van der Waals surface area contributed by atoms with E-state index in [2.05, 4.69) is 27.6 Å². The zero-order chi connectivity index (χ0) is 26.7. The summed E-state index contributed by atoms with van der Waals surface area (Å²) in [5, 5.41) is 34.1. The summed E-state index contributed by atoms with van der Waals surface area (Å²) in [6, 6.07) is 3.64. The Morgan fingerprint density at radius 3 is 2.84 bits per heavy atom. The highest BCUT2D eigenvalue weighted by Crippen LogP contribution is 2.41. The van der Waals surface area contributed by atoms with E-state index in [-0.39, 0.29) is 27.2 Å². The van der Waals surface area contributed by atoms with Gasteiger partial charge >= 0.3 is 17.2 Å². The summed E-state index contributed by atoms with van der Waals surface area (Å²) in [5.74, 6) is -2.00. The predicted molar refractivity (Wildman–Crippen MR) is 138 cm³/mol. The zero-order valence-electron chi connectivity index (χ0n) is 18.8. The summed E-state index contributed by atoms with van der Waals surface area (Å²) >= 11 is 9.38. The maximum atomic E-state index is 13.1. The van der Waals surface area contributed by atoms with Crippen LogP contribution in [0.2, 0.25) is 5.15 Å². The van der Waals surface area contributed by atoms with Gasteiger partial charge in [-0.3, -0.25) is 14.5 Å². The van der Waals surface area contributed by atoms with Crippen LogP contribution in [0, 0.1) is 5.21 Å². The molecule has 2 aromatic heterocycles. The first-order chi connectivity index (χ1) is 17.7. The van der Waals surface area contributed by atoms with Gasteiger partial charge in [-0.05, 0) is 45.7 Å². The average Bonchev–Trinajstić information content (AvgIpc) is 3.40. The molecule has 1 saturated heterocycles. The van der Waals surface area contributed by atoms with Crippen molar-refractivity contribution in [1.29, 1.82) is 0 Å². The highest BCUT2D eigenvalue weighted by molar-refractivity contribution is 8.01. The van der Waals surface area contributed by atoms with E-state index in [4.69, 9.17) is 11.6 Å². The Morgan fingerprint density at radius 1 is 1.41 bits per heavy atom. The zero-order valence-corrected chi connectivity index (χ0v) is 22.0. The van der Waals surface area contributed by atoms with Crippen molar-refractivity contribution in [1.82, 2.24) is 25.9 Å². The molecule has 194 valence electrons. The van der Waals surface area contributed by atoms with Crippen molar-refractivity contribution >= 4 is 70.3 Å². The third-order valence-corrected chi connectivity index (χ3v) is 8.83. The van der Waals surface area contributed by atoms with Crippen LogP contribution in [0.15, 0.2) is 58.7 Å². The molecule has 0 aromatic carbocycles. The topological polar surface area (TPSA) is 168 Å². The number of β-lactam (4-membered cyclic amide) rings is 1. The van der Waals surface area contributed by atoms with Gasteiger partial charge in [0.05, 0.1) is 0 Å². The number of aliphatic carboxylic acids is 1. The SMILES string of the molecule is C=CNC(=O)NC(C(=O)N[C@H]1C(=O)N2C(C(=O)O)=C(CSc3ccc(Cl)[n+]([O-])n3)CSC12)c1cccs1. The number of thioether (sulfide) groups is 2. The number of nitrogens with one attached hydrogen (secondary N) is 3. The Morgan fingerprint density at radius 2 is 2.19 bits per heavy atom. The molecule has 2 aliphatic heterocycles. The van der Waals surface area contributed by atoms with Crippen LogP contribution >= 0.6 is 46.5 Å². The number of carbonyl (C=O) groups excluding carboxylic acids is 3. The number of nitrogens with zero attached hydrogens (tertiary/aromatic N) is 3. The molecule has 1 fully saturated rings. The fraction of sp³-hybridized carbons (Fsp3) is 0.238. The smallest absolute Gasteiger partial charge is 0.352 e. The van der Waals surface area contributed by atoms with E-state index in [0.717, 1.165) is 16.7 Å². The Balaban J connectivity index is 1.47. The Labute approximate surface area is 227 Å². The average molecular weight is 583 g/mol. The second-order valence-electron chi connectivity index (χ2n) is 7.58. The van der Waals surface area contributed by atoms with Crippen LogP contribution < -0.4 is 20.8 Å². The highest BCUT2D eigenvalue weighted by Gasteiger charge is 2.54. The second kappa shape index (κ2) is 11.4. The number of carboxylic acids is 1. The lowest BCUT2D eigenvalue weighted by atomic mass is 10.0. The van der Waals surface area contributed by atoms with Gasteiger partial charge in [0.2, 0.25) is 5.91 Å². The van der Waals surface area contributed by atoms with Gasteiger partial charge < -0.3 is 26.3 Å². The molecular formula is C21H19ClN6O6S3. The van der Waals surface area contributed by atoms with Crippen LogP contribution in [0.25, 0.3) is 0 Å². The van der Waals surface area contributed by atoms with Gasteiger partial charge in [0.15, 0.2) is 5.03 Å². The number of fused-ring (bicyclic) bond motifs is 1. The van der Waals surface area contributed by atoms with E-state index in [1.807, 2.05) is 0 Å². The standard InChI is InChI=1S/C21H19ClN6O6S3/c1-2-23-21(33)25-14(11-4-3-7-35-11)17(29)24-15-18(30)27-16(20(31)32)10(9-37-19(15)27)8-36-13-6-5-12(22)28(34)26-13/h2-7,14-15,19H,1,8-9H2,(H,24,29)(H,31,32)(H2,23,25,33)/t14?,15-,19?/m0/s1. The number of urea groups is 1. The van der Waals surface area contributed by atoms with Crippen LogP contribution in [0.1, 0.15) is 10.9 Å². The van der Waals surface area contributed by atoms with Gasteiger partial charge in [0.1, 0.15) is 23.2 Å². The van der Waals surface area contributed by atoms with Gasteiger partial charge in [0, 0.05) is 27.5 Å². The fourth-order valence-corrected chi connectivity index (χ4v) is 6.84. The molecule has 4 amide bonds. The normalized spacial score (nSPS) is 19.4. The molecule has 4 rings (SSSR count). The third kappa shape index (κ3) is 5.69. The van der Waals surface area contributed by atoms with Crippen LogP contribution in [0.4, 0.5) is 4.79 Å². The van der Waals surface area contributed by atoms with Crippen molar-refractivity contribution < 1.29 is 29.1 Å². The summed E-state index contributed by atoms with van der Waals surface area (Å²) < 4.78 is 0. The van der Waals surface area contributed by atoms with Crippen LogP contribution in [0.3, 0.4) is 0 Å². The van der Waals surface area contributed by atoms with Crippen LogP contribution in [-0.4, -0.2) is 61.8 Å². The summed E-state index contributed by atoms with van der Waals surface area (Å²) in [6.45, 7) is 3.41. The Hall–Kier alpha value is -3.27. The van der Waals surface area contributed by atoms with E-state index in [9.17, 15) is 29.5 Å². The van der Waals surface area contributed by atoms with E-state index in [1.54, 1.807) is 17.5 Å². The quantitative estimate of drug-likeness (QED) is 0.148. The molecule has 37 heavy (non-hydrogen) atoms. The van der Waals surface area contributed by atoms with Gasteiger partial charge in [-0.2, -0.15) is 0 Å². The minimum atomic E-state index is -1.28. The number of halogens is 1. The lowest BCUT2D eigenvalue weighted by molar-refractivity contribution is -0.670. The molecule has 2 unspecified atom stereocenters. The van der Waals surface area contributed by atoms with Crippen molar-refractivity contribution in [2.45, 2.75) is 22.5 Å². The summed E-state index contributed by atoms with van der Waals surface area (Å²) in [5.41, 5.74) is 0.319. The first kappa shape index (κ1) is 26.8. The number of hydrogen-bond acceptors (Lipinski definition) is 9. The molecule has 0 bridgehead atoms. The molecule has 2 aromatic rings. The van der Waals surface area contributed by atoms with Crippen molar-refractivity contribution in [2.75, 3.05) is 11.5 Å². The van der Waals surface area contributed by atoms with Crippen molar-refractivity contribution in [3.63, 3.8) is 0 Å². The maximum Gasteiger partial charge on any atom is 0.352 e. The van der Waals surface area contributed by atoms with E-state index >= 15 is 0 Å². The number of thiophene rings is 1. The largest absolute Gasteiger partial charge is 0.593 e. The summed E-state index contributed by atoms with van der Waals surface area (Å²) in [4.78, 5) is 52.1. The number of amides is 4. The lowest BCUT2D eigenvalue weighted by Crippen LogP contribution is -2.71. The number of carboxylic acid groups (broad SMARTS) is 1. The van der Waals surface area contributed by atoms with Gasteiger partial charge in [-0.1, -0.05) is 24.4 Å². The molecule has 12 nitrogen and oxygen atoms in total. The third-order valence-electron chi connectivity index (χ3n) is 5.28. The summed E-state index contributed by atoms with van der Waals surface area (Å²) in [6.07, 6.45) is 1.17. The van der Waals surface area contributed by atoms with Crippen molar-refractivity contribution in [3.8, 4) is 0 Å². The highest BCUT2D eigenvalue weighted by atomic mass is 35.5. The number of carbonyl (C=O) groups is 4. The van der Waals surface area contributed by atoms with Gasteiger partial charge in [0.25, 0.3) is 5.91 Å². The number of rotatable bonds is 9. The first-order valence-electron chi connectivity index (χ1n) is 10.5. The molecule has 0 aliphatic carbocycles. The monoisotopic (exact) mass is 582 g/mol. The maximum absolute atomic E-state index is 13.1. The second-order valence-corrected chi connectivity index (χ2v) is 11.0. The first-order valence-corrected chi connectivity index (χ1v) is 13.8. The van der Waals surface area contributed by atoms with E-state index < -0.39 is 41.3 Å². The molecular weight excluding hydrogens is 564 g/mol. The molecule has 0 radical (unpaired) electrons. The van der Waals surface area contributed by atoms with Crippen LogP contribution in [-0.2, 0) is 14.4 Å². The lowest BCUT2D eigenvalue weighted by Gasteiger charge is -2.49. The molecule has 2 aliphatic rings. The van der Waals surface area contributed by atoms with Crippen LogP contribution in [0.5, 0.6) is 0 Å². The molecule has 0 saturated carbocycles. The number of hydrogen-bond donors (Lipinski definition) is 4.